The number of para-hydroxylation sites is 2. The summed E-state index contributed by atoms with van der Waals surface area (Å²) in [6.07, 6.45) is 4.21. The molecule has 0 heterocycles. The third kappa shape index (κ3) is 2.91. The molecular weight excluding hydrogens is 308 g/mol. The lowest BCUT2D eigenvalue weighted by atomic mass is 9.82. The number of benzene rings is 1. The normalized spacial score (nSPS) is 28.1. The van der Waals surface area contributed by atoms with E-state index >= 15 is 0 Å². The van der Waals surface area contributed by atoms with Crippen LogP contribution in [0.25, 0.3) is 0 Å². The van der Waals surface area contributed by atoms with Crippen molar-refractivity contribution in [3.05, 3.63) is 36.4 Å². The molecular formula is C16H14F2NO4-. The van der Waals surface area contributed by atoms with Crippen LogP contribution in [0.1, 0.15) is 6.42 Å². The van der Waals surface area contributed by atoms with Gasteiger partial charge >= 0.3 is 6.61 Å². The van der Waals surface area contributed by atoms with E-state index < -0.39 is 30.3 Å². The molecule has 3 rings (SSSR count). The maximum atomic E-state index is 12.5. The van der Waals surface area contributed by atoms with Gasteiger partial charge in [0.05, 0.1) is 11.6 Å². The smallest absolute Gasteiger partial charge is 0.387 e. The van der Waals surface area contributed by atoms with Gasteiger partial charge in [-0.1, -0.05) is 24.3 Å². The van der Waals surface area contributed by atoms with Crippen LogP contribution in [0.2, 0.25) is 0 Å². The zero-order valence-electron chi connectivity index (χ0n) is 11.9. The predicted octanol–water partition coefficient (Wildman–Crippen LogP) is 1.41. The molecule has 1 fully saturated rings. The number of hydrogen-bond acceptors (Lipinski definition) is 4. The second kappa shape index (κ2) is 5.98. The van der Waals surface area contributed by atoms with Crippen LogP contribution in [0, 0.1) is 23.7 Å². The molecule has 122 valence electrons. The van der Waals surface area contributed by atoms with Crippen molar-refractivity contribution in [2.45, 2.75) is 13.0 Å². The fraction of sp³-hybridized carbons (Fsp3) is 0.375. The average molecular weight is 322 g/mol. The first-order chi connectivity index (χ1) is 11.0. The molecule has 23 heavy (non-hydrogen) atoms. The van der Waals surface area contributed by atoms with Crippen molar-refractivity contribution >= 4 is 17.6 Å². The number of rotatable bonds is 5. The minimum absolute atomic E-state index is 0.0849. The number of halogens is 2. The SMILES string of the molecule is O=C([O-])[C@@H]1[C@H](C(=O)Nc2ccccc2OC(F)F)[C@@H]2C=C[C@H]1C2. The Balaban J connectivity index is 1.80. The molecule has 0 saturated heterocycles. The Labute approximate surface area is 130 Å². The van der Waals surface area contributed by atoms with Gasteiger partial charge in [-0.05, 0) is 30.4 Å². The molecule has 1 aromatic carbocycles. The molecule has 2 aliphatic rings. The number of carboxylic acid groups (broad SMARTS) is 1. The Bertz CT molecular complexity index is 661. The number of fused-ring (bicyclic) bond motifs is 2. The highest BCUT2D eigenvalue weighted by Crippen LogP contribution is 2.48. The van der Waals surface area contributed by atoms with Crippen LogP contribution in [-0.2, 0) is 9.59 Å². The van der Waals surface area contributed by atoms with Crippen LogP contribution < -0.4 is 15.2 Å². The number of carbonyl (C=O) groups excluding carboxylic acids is 2. The molecule has 0 spiro atoms. The third-order valence-electron chi connectivity index (χ3n) is 4.40. The molecule has 0 aromatic heterocycles. The summed E-state index contributed by atoms with van der Waals surface area (Å²) in [7, 11) is 0. The summed E-state index contributed by atoms with van der Waals surface area (Å²) in [6, 6.07) is 5.79. The van der Waals surface area contributed by atoms with Crippen LogP contribution in [0.15, 0.2) is 36.4 Å². The largest absolute Gasteiger partial charge is 0.550 e. The van der Waals surface area contributed by atoms with Gasteiger partial charge in [0.15, 0.2) is 0 Å². The predicted molar refractivity (Wildman–Crippen MR) is 74.4 cm³/mol. The van der Waals surface area contributed by atoms with E-state index in [4.69, 9.17) is 0 Å². The Morgan fingerprint density at radius 3 is 2.48 bits per heavy atom. The maximum Gasteiger partial charge on any atom is 0.387 e. The monoisotopic (exact) mass is 322 g/mol. The molecule has 7 heteroatoms. The highest BCUT2D eigenvalue weighted by molar-refractivity contribution is 5.97. The van der Waals surface area contributed by atoms with Gasteiger partial charge in [0.25, 0.3) is 0 Å². The first kappa shape index (κ1) is 15.5. The van der Waals surface area contributed by atoms with E-state index in [0.717, 1.165) is 0 Å². The lowest BCUT2D eigenvalue weighted by Gasteiger charge is -2.28. The minimum Gasteiger partial charge on any atom is -0.550 e. The van der Waals surface area contributed by atoms with Crippen molar-refractivity contribution in [2.24, 2.45) is 23.7 Å². The van der Waals surface area contributed by atoms with Crippen molar-refractivity contribution in [1.29, 1.82) is 0 Å². The van der Waals surface area contributed by atoms with E-state index in [-0.39, 0.29) is 23.3 Å². The number of hydrogen-bond donors (Lipinski definition) is 1. The number of amides is 1. The maximum absolute atomic E-state index is 12.5. The van der Waals surface area contributed by atoms with Gasteiger partial charge in [0.1, 0.15) is 5.75 Å². The molecule has 0 radical (unpaired) electrons. The zero-order chi connectivity index (χ0) is 16.6. The standard InChI is InChI=1S/C16H15F2NO4/c17-16(18)23-11-4-2-1-3-10(11)19-14(20)12-8-5-6-9(7-8)13(12)15(21)22/h1-6,8-9,12-13,16H,7H2,(H,19,20)(H,21,22)/p-1/t8-,9+,12-,13+/m1/s1. The highest BCUT2D eigenvalue weighted by atomic mass is 19.3. The summed E-state index contributed by atoms with van der Waals surface area (Å²) in [5, 5.41) is 13.8. The van der Waals surface area contributed by atoms with Gasteiger partial charge in [-0.2, -0.15) is 8.78 Å². The highest BCUT2D eigenvalue weighted by Gasteiger charge is 2.48. The number of allylic oxidation sites excluding steroid dienone is 2. The molecule has 5 nitrogen and oxygen atoms in total. The summed E-state index contributed by atoms with van der Waals surface area (Å²) in [4.78, 5) is 23.8. The Morgan fingerprint density at radius 1 is 1.17 bits per heavy atom. The van der Waals surface area contributed by atoms with Gasteiger partial charge in [0.2, 0.25) is 5.91 Å². The fourth-order valence-electron chi connectivity index (χ4n) is 3.49. The van der Waals surface area contributed by atoms with E-state index in [1.54, 1.807) is 12.1 Å². The van der Waals surface area contributed by atoms with E-state index in [2.05, 4.69) is 10.1 Å². The van der Waals surface area contributed by atoms with Gasteiger partial charge < -0.3 is 20.0 Å². The number of anilines is 1. The first-order valence-electron chi connectivity index (χ1n) is 7.21. The van der Waals surface area contributed by atoms with Crippen molar-refractivity contribution in [1.82, 2.24) is 0 Å². The van der Waals surface area contributed by atoms with E-state index in [1.807, 2.05) is 6.08 Å². The lowest BCUT2D eigenvalue weighted by molar-refractivity contribution is -0.313. The molecule has 1 aromatic rings. The number of nitrogens with one attached hydrogen (secondary N) is 1. The van der Waals surface area contributed by atoms with Crippen LogP contribution in [0.4, 0.5) is 14.5 Å². The van der Waals surface area contributed by atoms with Crippen LogP contribution in [0.3, 0.4) is 0 Å². The van der Waals surface area contributed by atoms with Crippen LogP contribution >= 0.6 is 0 Å². The number of ether oxygens (including phenoxy) is 1. The average Bonchev–Trinajstić information content (AvgIpc) is 3.09. The summed E-state index contributed by atoms with van der Waals surface area (Å²) in [5.74, 6) is -4.01. The molecule has 4 atom stereocenters. The number of carboxylic acids is 1. The van der Waals surface area contributed by atoms with Crippen LogP contribution in [0.5, 0.6) is 5.75 Å². The molecule has 0 aliphatic heterocycles. The number of carbonyl (C=O) groups is 2. The van der Waals surface area contributed by atoms with Crippen molar-refractivity contribution < 1.29 is 28.2 Å². The molecule has 2 bridgehead atoms. The number of alkyl halides is 2. The summed E-state index contributed by atoms with van der Waals surface area (Å²) < 4.78 is 29.2. The van der Waals surface area contributed by atoms with Gasteiger partial charge in [-0.3, -0.25) is 4.79 Å². The Hall–Kier alpha value is -2.44. The Kier molecular flexibility index (Phi) is 4.02. The molecule has 1 saturated carbocycles. The van der Waals surface area contributed by atoms with Gasteiger partial charge in [-0.15, -0.1) is 0 Å². The first-order valence-corrected chi connectivity index (χ1v) is 7.21. The van der Waals surface area contributed by atoms with Gasteiger partial charge in [0, 0.05) is 11.9 Å². The van der Waals surface area contributed by atoms with Crippen molar-refractivity contribution in [3.8, 4) is 5.75 Å². The molecule has 1 N–H and O–H groups in total. The molecule has 1 amide bonds. The van der Waals surface area contributed by atoms with E-state index in [9.17, 15) is 23.5 Å². The second-order valence-corrected chi connectivity index (χ2v) is 5.68. The summed E-state index contributed by atoms with van der Waals surface area (Å²) in [6.45, 7) is -3.02. The van der Waals surface area contributed by atoms with Gasteiger partial charge in [-0.25, -0.2) is 0 Å². The minimum atomic E-state index is -3.02. The van der Waals surface area contributed by atoms with Crippen molar-refractivity contribution in [2.75, 3.05) is 5.32 Å². The van der Waals surface area contributed by atoms with E-state index in [0.29, 0.717) is 6.42 Å². The topological polar surface area (TPSA) is 78.5 Å². The zero-order valence-corrected chi connectivity index (χ0v) is 11.9. The lowest BCUT2D eigenvalue weighted by Crippen LogP contribution is -2.42. The number of aliphatic carboxylic acids is 1. The van der Waals surface area contributed by atoms with E-state index in [1.165, 1.54) is 18.2 Å². The summed E-state index contributed by atoms with van der Waals surface area (Å²) in [5.41, 5.74) is 0.0849. The molecule has 2 aliphatic carbocycles. The van der Waals surface area contributed by atoms with Crippen molar-refractivity contribution in [3.63, 3.8) is 0 Å². The third-order valence-corrected chi connectivity index (χ3v) is 4.40. The molecule has 0 unspecified atom stereocenters. The quantitative estimate of drug-likeness (QED) is 0.832. The fourth-order valence-corrected chi connectivity index (χ4v) is 3.49. The Morgan fingerprint density at radius 2 is 1.83 bits per heavy atom. The second-order valence-electron chi connectivity index (χ2n) is 5.68. The summed E-state index contributed by atoms with van der Waals surface area (Å²) >= 11 is 0. The van der Waals surface area contributed by atoms with Crippen LogP contribution in [-0.4, -0.2) is 18.5 Å².